The van der Waals surface area contributed by atoms with Gasteiger partial charge in [0.1, 0.15) is 18.0 Å². The van der Waals surface area contributed by atoms with Gasteiger partial charge in [-0.15, -0.1) is 0 Å². The van der Waals surface area contributed by atoms with Crippen LogP contribution in [0.4, 0.5) is 14.6 Å². The van der Waals surface area contributed by atoms with Crippen molar-refractivity contribution in [1.29, 1.82) is 0 Å². The van der Waals surface area contributed by atoms with E-state index >= 15 is 0 Å². The monoisotopic (exact) mass is 597 g/mol. The van der Waals surface area contributed by atoms with E-state index in [1.165, 1.54) is 13.4 Å². The normalized spacial score (nSPS) is 21.2. The van der Waals surface area contributed by atoms with Crippen molar-refractivity contribution in [3.63, 3.8) is 0 Å². The summed E-state index contributed by atoms with van der Waals surface area (Å²) in [7, 11) is 1.29. The minimum absolute atomic E-state index is 0.0382. The number of methoxy groups -OCH3 is 1. The molecule has 13 heteroatoms. The molecule has 8 rings (SSSR count). The number of amides is 1. The number of benzene rings is 1. The van der Waals surface area contributed by atoms with E-state index in [0.29, 0.717) is 17.4 Å². The Balaban J connectivity index is 1.15. The lowest BCUT2D eigenvalue weighted by molar-refractivity contribution is 0.0557. The zero-order valence-corrected chi connectivity index (χ0v) is 23.9. The molecule has 2 unspecified atom stereocenters. The van der Waals surface area contributed by atoms with Crippen LogP contribution in [0.2, 0.25) is 0 Å². The van der Waals surface area contributed by atoms with Crippen molar-refractivity contribution in [2.75, 3.05) is 12.8 Å². The number of aromatic amines is 1. The molecule has 2 atom stereocenters. The number of piperidine rings is 1. The minimum Gasteiger partial charge on any atom is -0.494 e. The summed E-state index contributed by atoms with van der Waals surface area (Å²) >= 11 is 0. The molecule has 1 aromatic carbocycles. The number of nitrogens with one attached hydrogen (secondary N) is 1. The molecule has 1 amide bonds. The fourth-order valence-corrected chi connectivity index (χ4v) is 7.11. The molecule has 0 radical (unpaired) electrons. The predicted octanol–water partition coefficient (Wildman–Crippen LogP) is 4.87. The lowest BCUT2D eigenvalue weighted by Gasteiger charge is -2.39. The molecule has 3 fully saturated rings. The van der Waals surface area contributed by atoms with Crippen molar-refractivity contribution in [2.45, 2.75) is 62.4 Å². The quantitative estimate of drug-likeness (QED) is 0.283. The number of hydrogen-bond donors (Lipinski definition) is 2. The van der Waals surface area contributed by atoms with Crippen LogP contribution >= 0.6 is 0 Å². The molecule has 11 nitrogen and oxygen atoms in total. The molecule has 2 aliphatic heterocycles. The van der Waals surface area contributed by atoms with Gasteiger partial charge in [0.25, 0.3) is 5.91 Å². The van der Waals surface area contributed by atoms with Crippen LogP contribution in [0.25, 0.3) is 28.0 Å². The van der Waals surface area contributed by atoms with Gasteiger partial charge >= 0.3 is 0 Å². The predicted molar refractivity (Wildman–Crippen MR) is 156 cm³/mol. The first-order valence-corrected chi connectivity index (χ1v) is 14.8. The van der Waals surface area contributed by atoms with Crippen LogP contribution in [0.1, 0.15) is 72.2 Å². The number of halogens is 2. The number of nitrogens with two attached hydrogens (primary N) is 1. The zero-order valence-electron chi connectivity index (χ0n) is 23.9. The fourth-order valence-electron chi connectivity index (χ4n) is 7.11. The summed E-state index contributed by atoms with van der Waals surface area (Å²) in [6, 6.07) is 5.71. The molecule has 6 heterocycles. The molecule has 2 saturated heterocycles. The van der Waals surface area contributed by atoms with Crippen LogP contribution in [0.5, 0.6) is 5.75 Å². The number of carbonyl (C=O) groups is 1. The van der Waals surface area contributed by atoms with Crippen molar-refractivity contribution in [1.82, 2.24) is 39.7 Å². The molecular formula is C31H29F2N9O2. The van der Waals surface area contributed by atoms with Crippen LogP contribution in [-0.2, 0) is 0 Å². The number of hydrogen-bond acceptors (Lipinski definition) is 8. The first-order chi connectivity index (χ1) is 21.4. The van der Waals surface area contributed by atoms with Gasteiger partial charge in [-0.3, -0.25) is 14.9 Å². The summed E-state index contributed by atoms with van der Waals surface area (Å²) < 4.78 is 35.6. The maximum atomic E-state index is 14.7. The SMILES string of the molecule is COc1cc(F)c(-c2ccc(-c3cnn4c(N)c(C5CC5)c(C5CC6CCC(C5)N6C(=O)c5ncn[nH]5)nc34)cn2)cc1F. The topological polar surface area (TPSA) is 140 Å². The smallest absolute Gasteiger partial charge is 0.291 e. The molecule has 44 heavy (non-hydrogen) atoms. The molecule has 4 aromatic heterocycles. The number of nitrogens with zero attached hydrogens (tertiary/aromatic N) is 7. The number of H-pyrrole nitrogens is 1. The molecule has 1 saturated carbocycles. The van der Waals surface area contributed by atoms with Crippen LogP contribution in [0.15, 0.2) is 43.0 Å². The highest BCUT2D eigenvalue weighted by molar-refractivity contribution is 5.91. The van der Waals surface area contributed by atoms with Crippen LogP contribution in [0.3, 0.4) is 0 Å². The van der Waals surface area contributed by atoms with E-state index in [2.05, 4.69) is 25.3 Å². The van der Waals surface area contributed by atoms with Crippen molar-refractivity contribution in [2.24, 2.45) is 0 Å². The van der Waals surface area contributed by atoms with Crippen molar-refractivity contribution < 1.29 is 18.3 Å². The van der Waals surface area contributed by atoms with E-state index in [1.54, 1.807) is 29.0 Å². The van der Waals surface area contributed by atoms with E-state index in [9.17, 15) is 13.6 Å². The van der Waals surface area contributed by atoms with Gasteiger partial charge in [0.05, 0.1) is 24.7 Å². The molecule has 0 spiro atoms. The summed E-state index contributed by atoms with van der Waals surface area (Å²) in [5.74, 6) is -0.221. The fraction of sp³-hybridized carbons (Fsp3) is 0.355. The first kappa shape index (κ1) is 26.7. The van der Waals surface area contributed by atoms with Gasteiger partial charge in [-0.05, 0) is 56.6 Å². The molecular weight excluding hydrogens is 568 g/mol. The zero-order chi connectivity index (χ0) is 30.1. The summed E-state index contributed by atoms with van der Waals surface area (Å²) in [5, 5.41) is 11.2. The minimum atomic E-state index is -0.669. The van der Waals surface area contributed by atoms with Gasteiger partial charge in [0, 0.05) is 52.5 Å². The Morgan fingerprint density at radius 3 is 2.45 bits per heavy atom. The van der Waals surface area contributed by atoms with Crippen LogP contribution in [-0.4, -0.2) is 64.8 Å². The number of nitrogen functional groups attached to an aromatic ring is 1. The summed E-state index contributed by atoms with van der Waals surface area (Å²) in [6.07, 6.45) is 10.3. The molecule has 5 aromatic rings. The van der Waals surface area contributed by atoms with Crippen molar-refractivity contribution in [3.05, 3.63) is 71.7 Å². The first-order valence-electron chi connectivity index (χ1n) is 14.8. The third kappa shape index (κ3) is 4.20. The number of carbonyl (C=O) groups excluding carboxylic acids is 1. The second-order valence-corrected chi connectivity index (χ2v) is 11.9. The van der Waals surface area contributed by atoms with Gasteiger partial charge < -0.3 is 15.4 Å². The Morgan fingerprint density at radius 2 is 1.80 bits per heavy atom. The van der Waals surface area contributed by atoms with Gasteiger partial charge in [0.2, 0.25) is 5.82 Å². The standard InChI is InChI=1S/C31H29F2N9O2/c1-44-25-11-22(32)20(10-23(25)33)24-7-4-16(12-35-24)21-13-38-42-28(34)26(15-2-3-15)27(39-30(21)42)17-8-18-5-6-19(9-17)41(18)31(43)29-36-14-37-40-29/h4,7,10-15,17-19H,2-3,5-6,8-9,34H2,1H3,(H,36,37,40). The van der Waals surface area contributed by atoms with Gasteiger partial charge in [-0.1, -0.05) is 6.07 Å². The Bertz CT molecular complexity index is 1890. The Morgan fingerprint density at radius 1 is 1.00 bits per heavy atom. The molecule has 1 aliphatic carbocycles. The maximum Gasteiger partial charge on any atom is 0.291 e. The van der Waals surface area contributed by atoms with Crippen LogP contribution < -0.4 is 10.5 Å². The average Bonchev–Trinajstić information content (AvgIpc) is 3.41. The lowest BCUT2D eigenvalue weighted by atomic mass is 9.85. The highest BCUT2D eigenvalue weighted by Gasteiger charge is 2.46. The third-order valence-electron chi connectivity index (χ3n) is 9.30. The largest absolute Gasteiger partial charge is 0.494 e. The number of ether oxygens (including phenoxy) is 1. The number of anilines is 1. The molecule has 3 aliphatic rings. The number of aromatic nitrogens is 7. The summed E-state index contributed by atoms with van der Waals surface area (Å²) in [4.78, 5) is 29.0. The molecule has 2 bridgehead atoms. The van der Waals surface area contributed by atoms with E-state index in [0.717, 1.165) is 73.0 Å². The number of rotatable bonds is 6. The Kier molecular flexibility index (Phi) is 6.10. The Hall–Kier alpha value is -4.94. The van der Waals surface area contributed by atoms with Gasteiger partial charge in [-0.2, -0.15) is 14.7 Å². The van der Waals surface area contributed by atoms with Crippen molar-refractivity contribution in [3.8, 4) is 28.1 Å². The van der Waals surface area contributed by atoms with E-state index in [-0.39, 0.29) is 46.7 Å². The number of pyridine rings is 1. The van der Waals surface area contributed by atoms with E-state index < -0.39 is 11.6 Å². The summed E-state index contributed by atoms with van der Waals surface area (Å²) in [5.41, 5.74) is 11.3. The summed E-state index contributed by atoms with van der Waals surface area (Å²) in [6.45, 7) is 0. The van der Waals surface area contributed by atoms with Crippen LogP contribution in [0, 0.1) is 11.6 Å². The Labute approximate surface area is 250 Å². The number of fused-ring (bicyclic) bond motifs is 3. The molecule has 3 N–H and O–H groups in total. The van der Waals surface area contributed by atoms with Crippen molar-refractivity contribution >= 4 is 17.4 Å². The average molecular weight is 598 g/mol. The highest BCUT2D eigenvalue weighted by Crippen LogP contribution is 2.50. The third-order valence-corrected chi connectivity index (χ3v) is 9.30. The molecule has 224 valence electrons. The lowest BCUT2D eigenvalue weighted by Crippen LogP contribution is -2.46. The highest BCUT2D eigenvalue weighted by atomic mass is 19.1. The van der Waals surface area contributed by atoms with E-state index in [4.69, 9.17) is 15.5 Å². The maximum absolute atomic E-state index is 14.7. The van der Waals surface area contributed by atoms with Gasteiger partial charge in [-0.25, -0.2) is 18.7 Å². The van der Waals surface area contributed by atoms with Gasteiger partial charge in [0.15, 0.2) is 17.2 Å². The van der Waals surface area contributed by atoms with E-state index in [1.807, 2.05) is 4.90 Å². The second kappa shape index (κ2) is 10.1. The second-order valence-electron chi connectivity index (χ2n) is 11.9.